The van der Waals surface area contributed by atoms with Crippen LogP contribution < -0.4 is 11.1 Å². The topological polar surface area (TPSA) is 105 Å². The van der Waals surface area contributed by atoms with Gasteiger partial charge in [-0.1, -0.05) is 12.1 Å². The standard InChI is InChI=1S/C18H16FN3O3S/c1-3-25-18(24)15-14(11-4-6-12(19)7-5-11)9-26-17(15)22-10(2)13(8-20)16(21)23/h4-7,9,22H,3H2,1-2H3,(H2,21,23)/b13-10-. The van der Waals surface area contributed by atoms with E-state index in [1.807, 2.05) is 0 Å². The summed E-state index contributed by atoms with van der Waals surface area (Å²) < 4.78 is 18.3. The zero-order valence-electron chi connectivity index (χ0n) is 14.1. The number of nitrogens with zero attached hydrogens (tertiary/aromatic N) is 1. The summed E-state index contributed by atoms with van der Waals surface area (Å²) in [5.74, 6) is -1.83. The maximum absolute atomic E-state index is 13.2. The first-order valence-corrected chi connectivity index (χ1v) is 8.49. The van der Waals surface area contributed by atoms with Crippen molar-refractivity contribution < 1.29 is 18.7 Å². The lowest BCUT2D eigenvalue weighted by Gasteiger charge is -2.10. The molecule has 0 spiro atoms. The number of benzene rings is 1. The molecular formula is C18H16FN3O3S. The molecule has 1 amide bonds. The molecule has 2 rings (SSSR count). The molecule has 0 unspecified atom stereocenters. The molecule has 2 aromatic rings. The lowest BCUT2D eigenvalue weighted by molar-refractivity contribution is -0.114. The van der Waals surface area contributed by atoms with E-state index in [4.69, 9.17) is 15.7 Å². The van der Waals surface area contributed by atoms with Gasteiger partial charge in [-0.2, -0.15) is 5.26 Å². The van der Waals surface area contributed by atoms with Gasteiger partial charge in [0.25, 0.3) is 5.91 Å². The Hall–Kier alpha value is -3.18. The summed E-state index contributed by atoms with van der Waals surface area (Å²) in [5.41, 5.74) is 6.59. The van der Waals surface area contributed by atoms with Gasteiger partial charge in [0.1, 0.15) is 28.0 Å². The Morgan fingerprint density at radius 1 is 1.35 bits per heavy atom. The first-order valence-electron chi connectivity index (χ1n) is 7.61. The summed E-state index contributed by atoms with van der Waals surface area (Å²) >= 11 is 1.20. The van der Waals surface area contributed by atoms with E-state index >= 15 is 0 Å². The molecule has 0 fully saturated rings. The maximum atomic E-state index is 13.2. The van der Waals surface area contributed by atoms with E-state index in [0.717, 1.165) is 0 Å². The summed E-state index contributed by atoms with van der Waals surface area (Å²) in [4.78, 5) is 23.8. The Morgan fingerprint density at radius 3 is 2.54 bits per heavy atom. The molecule has 0 aliphatic heterocycles. The number of ether oxygens (including phenoxy) is 1. The third kappa shape index (κ3) is 4.07. The van der Waals surface area contributed by atoms with Crippen LogP contribution >= 0.6 is 11.3 Å². The average Bonchev–Trinajstić information content (AvgIpc) is 2.99. The number of primary amides is 1. The summed E-state index contributed by atoms with van der Waals surface area (Å²) in [6, 6.07) is 7.42. The van der Waals surface area contributed by atoms with Crippen LogP contribution in [0.4, 0.5) is 9.39 Å². The van der Waals surface area contributed by atoms with Crippen LogP contribution in [0.1, 0.15) is 24.2 Å². The van der Waals surface area contributed by atoms with Crippen LogP contribution in [-0.2, 0) is 9.53 Å². The molecule has 26 heavy (non-hydrogen) atoms. The van der Waals surface area contributed by atoms with Crippen LogP contribution in [0, 0.1) is 17.1 Å². The number of carbonyl (C=O) groups excluding carboxylic acids is 2. The smallest absolute Gasteiger partial charge is 0.341 e. The number of amides is 1. The minimum Gasteiger partial charge on any atom is -0.462 e. The molecule has 1 heterocycles. The van der Waals surface area contributed by atoms with Gasteiger partial charge in [-0.15, -0.1) is 11.3 Å². The number of nitrogens with two attached hydrogens (primary N) is 1. The van der Waals surface area contributed by atoms with Crippen LogP contribution in [0.25, 0.3) is 11.1 Å². The largest absolute Gasteiger partial charge is 0.462 e. The Bertz CT molecular complexity index is 911. The highest BCUT2D eigenvalue weighted by atomic mass is 32.1. The van der Waals surface area contributed by atoms with E-state index in [1.54, 1.807) is 30.5 Å². The predicted octanol–water partition coefficient (Wildman–Crippen LogP) is 3.43. The number of hydrogen-bond donors (Lipinski definition) is 2. The normalized spacial score (nSPS) is 11.3. The van der Waals surface area contributed by atoms with Gasteiger partial charge in [-0.25, -0.2) is 9.18 Å². The molecule has 8 heteroatoms. The fourth-order valence-electron chi connectivity index (χ4n) is 2.25. The van der Waals surface area contributed by atoms with Crippen molar-refractivity contribution in [2.24, 2.45) is 5.73 Å². The van der Waals surface area contributed by atoms with E-state index in [2.05, 4.69) is 5.32 Å². The number of anilines is 1. The minimum atomic E-state index is -0.870. The molecule has 6 nitrogen and oxygen atoms in total. The lowest BCUT2D eigenvalue weighted by atomic mass is 10.0. The maximum Gasteiger partial charge on any atom is 0.341 e. The van der Waals surface area contributed by atoms with Crippen molar-refractivity contribution in [3.63, 3.8) is 0 Å². The van der Waals surface area contributed by atoms with Crippen molar-refractivity contribution in [1.82, 2.24) is 0 Å². The first-order chi connectivity index (χ1) is 12.4. The summed E-state index contributed by atoms with van der Waals surface area (Å²) in [5, 5.41) is 14.0. The van der Waals surface area contributed by atoms with Gasteiger partial charge in [-0.05, 0) is 31.5 Å². The Kier molecular flexibility index (Phi) is 6.09. The molecular weight excluding hydrogens is 357 g/mol. The number of carbonyl (C=O) groups is 2. The molecule has 0 aliphatic carbocycles. The Balaban J connectivity index is 2.54. The van der Waals surface area contributed by atoms with Gasteiger partial charge in [0.2, 0.25) is 0 Å². The van der Waals surface area contributed by atoms with Gasteiger partial charge in [0.15, 0.2) is 0 Å². The second kappa shape index (κ2) is 8.27. The number of halogens is 1. The van der Waals surface area contributed by atoms with Crippen LogP contribution in [0.2, 0.25) is 0 Å². The zero-order chi connectivity index (χ0) is 19.3. The third-order valence-corrected chi connectivity index (χ3v) is 4.36. The fourth-order valence-corrected chi connectivity index (χ4v) is 3.27. The molecule has 0 saturated heterocycles. The molecule has 0 atom stereocenters. The number of nitriles is 1. The van der Waals surface area contributed by atoms with Gasteiger partial charge >= 0.3 is 5.97 Å². The van der Waals surface area contributed by atoms with Crippen molar-refractivity contribution >= 4 is 28.2 Å². The Morgan fingerprint density at radius 2 is 2.00 bits per heavy atom. The molecule has 0 bridgehead atoms. The lowest BCUT2D eigenvalue weighted by Crippen LogP contribution is -2.17. The number of rotatable bonds is 6. The quantitative estimate of drug-likeness (QED) is 0.458. The summed E-state index contributed by atoms with van der Waals surface area (Å²) in [6.45, 7) is 3.37. The highest BCUT2D eigenvalue weighted by molar-refractivity contribution is 7.15. The van der Waals surface area contributed by atoms with E-state index in [0.29, 0.717) is 16.1 Å². The Labute approximate surface area is 153 Å². The van der Waals surface area contributed by atoms with E-state index in [-0.39, 0.29) is 29.3 Å². The number of nitrogens with one attached hydrogen (secondary N) is 1. The van der Waals surface area contributed by atoms with E-state index < -0.39 is 11.9 Å². The molecule has 1 aromatic carbocycles. The molecule has 0 radical (unpaired) electrons. The average molecular weight is 373 g/mol. The third-order valence-electron chi connectivity index (χ3n) is 3.46. The highest BCUT2D eigenvalue weighted by Gasteiger charge is 2.22. The number of esters is 1. The van der Waals surface area contributed by atoms with Gasteiger partial charge in [0.05, 0.1) is 6.61 Å². The summed E-state index contributed by atoms with van der Waals surface area (Å²) in [7, 11) is 0. The summed E-state index contributed by atoms with van der Waals surface area (Å²) in [6.07, 6.45) is 0. The van der Waals surface area contributed by atoms with Crippen molar-refractivity contribution in [3.8, 4) is 17.2 Å². The minimum absolute atomic E-state index is 0.177. The molecule has 0 aliphatic rings. The van der Waals surface area contributed by atoms with Gasteiger partial charge < -0.3 is 15.8 Å². The van der Waals surface area contributed by atoms with Crippen LogP contribution in [0.5, 0.6) is 0 Å². The van der Waals surface area contributed by atoms with Crippen LogP contribution in [-0.4, -0.2) is 18.5 Å². The van der Waals surface area contributed by atoms with Gasteiger partial charge in [0, 0.05) is 16.6 Å². The fraction of sp³-hybridized carbons (Fsp3) is 0.167. The number of hydrogen-bond acceptors (Lipinski definition) is 6. The number of allylic oxidation sites excluding steroid dienone is 1. The second-order valence-corrected chi connectivity index (χ2v) is 6.06. The second-order valence-electron chi connectivity index (χ2n) is 5.18. The SMILES string of the molecule is CCOC(=O)c1c(-c2ccc(F)cc2)csc1N/C(C)=C(/C#N)C(N)=O. The number of thiophene rings is 1. The van der Waals surface area contributed by atoms with E-state index in [9.17, 15) is 14.0 Å². The van der Waals surface area contributed by atoms with Crippen molar-refractivity contribution in [2.45, 2.75) is 13.8 Å². The van der Waals surface area contributed by atoms with Crippen molar-refractivity contribution in [1.29, 1.82) is 5.26 Å². The molecule has 3 N–H and O–H groups in total. The zero-order valence-corrected chi connectivity index (χ0v) is 14.9. The van der Waals surface area contributed by atoms with Crippen LogP contribution in [0.15, 0.2) is 40.9 Å². The highest BCUT2D eigenvalue weighted by Crippen LogP contribution is 2.37. The molecule has 134 valence electrons. The van der Waals surface area contributed by atoms with Crippen molar-refractivity contribution in [2.75, 3.05) is 11.9 Å². The molecule has 1 aromatic heterocycles. The monoisotopic (exact) mass is 373 g/mol. The molecule has 0 saturated carbocycles. The van der Waals surface area contributed by atoms with Crippen molar-refractivity contribution in [3.05, 3.63) is 52.3 Å². The first kappa shape index (κ1) is 19.1. The van der Waals surface area contributed by atoms with Gasteiger partial charge in [-0.3, -0.25) is 4.79 Å². The predicted molar refractivity (Wildman–Crippen MR) is 96.8 cm³/mol. The van der Waals surface area contributed by atoms with E-state index in [1.165, 1.54) is 30.4 Å². The van der Waals surface area contributed by atoms with Crippen LogP contribution in [0.3, 0.4) is 0 Å².